The average Bonchev–Trinajstić information content (AvgIpc) is 2.10. The van der Waals surface area contributed by atoms with Crippen LogP contribution in [0.25, 0.3) is 0 Å². The van der Waals surface area contributed by atoms with E-state index in [1.807, 2.05) is 0 Å². The molecule has 0 amide bonds. The van der Waals surface area contributed by atoms with Gasteiger partial charge in [0.15, 0.2) is 0 Å². The number of aldehydes is 1. The van der Waals surface area contributed by atoms with Gasteiger partial charge in [0.25, 0.3) is 0 Å². The maximum Gasteiger partial charge on any atom is 0.120 e. The minimum atomic E-state index is 0.0197. The van der Waals surface area contributed by atoms with Crippen molar-refractivity contribution < 1.29 is 4.79 Å². The monoisotopic (exact) mass is 192 g/mol. The highest BCUT2D eigenvalue weighted by Crippen LogP contribution is 2.46. The smallest absolute Gasteiger partial charge is 0.120 e. The molecule has 2 unspecified atom stereocenters. The van der Waals surface area contributed by atoms with E-state index in [0.29, 0.717) is 12.3 Å². The number of carbonyl (C=O) groups is 1. The molecule has 0 heterocycles. The SMILES string of the molecule is C=C(C)C1CCC=C(C)C1(C)CC=O. The quantitative estimate of drug-likeness (QED) is 0.494. The molecule has 0 aliphatic heterocycles. The predicted octanol–water partition coefficient (Wildman–Crippen LogP) is 3.51. The van der Waals surface area contributed by atoms with Crippen molar-refractivity contribution >= 4 is 6.29 Å². The van der Waals surface area contributed by atoms with Gasteiger partial charge in [-0.05, 0) is 32.6 Å². The van der Waals surface area contributed by atoms with Crippen LogP contribution in [0.3, 0.4) is 0 Å². The van der Waals surface area contributed by atoms with Gasteiger partial charge in [0.1, 0.15) is 6.29 Å². The Morgan fingerprint density at radius 1 is 1.79 bits per heavy atom. The zero-order valence-corrected chi connectivity index (χ0v) is 9.47. The molecule has 0 saturated carbocycles. The Hall–Kier alpha value is -0.850. The van der Waals surface area contributed by atoms with E-state index in [1.165, 1.54) is 11.1 Å². The van der Waals surface area contributed by atoms with E-state index >= 15 is 0 Å². The van der Waals surface area contributed by atoms with Crippen LogP contribution in [0.2, 0.25) is 0 Å². The first-order valence-corrected chi connectivity index (χ1v) is 5.28. The molecule has 0 bridgehead atoms. The topological polar surface area (TPSA) is 17.1 Å². The van der Waals surface area contributed by atoms with Crippen LogP contribution in [0.5, 0.6) is 0 Å². The van der Waals surface area contributed by atoms with Gasteiger partial charge in [-0.25, -0.2) is 0 Å². The van der Waals surface area contributed by atoms with Crippen molar-refractivity contribution in [2.24, 2.45) is 11.3 Å². The van der Waals surface area contributed by atoms with Gasteiger partial charge in [-0.15, -0.1) is 0 Å². The van der Waals surface area contributed by atoms with E-state index in [1.54, 1.807) is 0 Å². The molecule has 0 N–H and O–H groups in total. The zero-order chi connectivity index (χ0) is 10.8. The van der Waals surface area contributed by atoms with E-state index in [9.17, 15) is 4.79 Å². The van der Waals surface area contributed by atoms with Crippen LogP contribution in [0, 0.1) is 11.3 Å². The Kier molecular flexibility index (Phi) is 3.30. The summed E-state index contributed by atoms with van der Waals surface area (Å²) in [6, 6.07) is 0. The second-order valence-electron chi connectivity index (χ2n) is 4.65. The third kappa shape index (κ3) is 1.82. The van der Waals surface area contributed by atoms with Crippen LogP contribution in [0.15, 0.2) is 23.8 Å². The summed E-state index contributed by atoms with van der Waals surface area (Å²) in [6.07, 6.45) is 6.18. The molecule has 0 aromatic rings. The van der Waals surface area contributed by atoms with E-state index in [2.05, 4.69) is 33.4 Å². The summed E-state index contributed by atoms with van der Waals surface area (Å²) in [6.45, 7) is 10.4. The van der Waals surface area contributed by atoms with Crippen LogP contribution in [-0.4, -0.2) is 6.29 Å². The molecule has 0 fully saturated rings. The zero-order valence-electron chi connectivity index (χ0n) is 9.47. The normalized spacial score (nSPS) is 32.2. The second-order valence-corrected chi connectivity index (χ2v) is 4.65. The van der Waals surface area contributed by atoms with Gasteiger partial charge in [0.05, 0.1) is 0 Å². The fourth-order valence-corrected chi connectivity index (χ4v) is 2.56. The van der Waals surface area contributed by atoms with Gasteiger partial charge in [0, 0.05) is 11.8 Å². The Bertz CT molecular complexity index is 275. The van der Waals surface area contributed by atoms with Crippen LogP contribution in [0.1, 0.15) is 40.0 Å². The van der Waals surface area contributed by atoms with Gasteiger partial charge in [0.2, 0.25) is 0 Å². The summed E-state index contributed by atoms with van der Waals surface area (Å²) in [4.78, 5) is 10.7. The Morgan fingerprint density at radius 3 is 2.93 bits per heavy atom. The average molecular weight is 192 g/mol. The van der Waals surface area contributed by atoms with Crippen LogP contribution in [-0.2, 0) is 4.79 Å². The summed E-state index contributed by atoms with van der Waals surface area (Å²) >= 11 is 0. The fraction of sp³-hybridized carbons (Fsp3) is 0.615. The number of carbonyl (C=O) groups excluding carboxylic acids is 1. The Labute approximate surface area is 86.9 Å². The van der Waals surface area contributed by atoms with Gasteiger partial charge in [-0.3, -0.25) is 0 Å². The Morgan fingerprint density at radius 2 is 2.43 bits per heavy atom. The fourth-order valence-electron chi connectivity index (χ4n) is 2.56. The maximum absolute atomic E-state index is 10.7. The number of allylic oxidation sites excluding steroid dienone is 3. The molecule has 0 radical (unpaired) electrons. The maximum atomic E-state index is 10.7. The Balaban J connectivity index is 3.02. The predicted molar refractivity (Wildman–Crippen MR) is 60.1 cm³/mol. The minimum Gasteiger partial charge on any atom is -0.303 e. The standard InChI is InChI=1S/C13H20O/c1-10(2)12-7-5-6-11(3)13(12,4)8-9-14/h6,9,12H,1,5,7-8H2,2-4H3. The summed E-state index contributed by atoms with van der Waals surface area (Å²) in [7, 11) is 0. The molecule has 1 heteroatoms. The van der Waals surface area contributed by atoms with Crippen LogP contribution in [0.4, 0.5) is 0 Å². The molecule has 0 aromatic carbocycles. The molecule has 1 aliphatic rings. The first-order chi connectivity index (χ1) is 6.52. The molecule has 0 aromatic heterocycles. The van der Waals surface area contributed by atoms with Gasteiger partial charge in [-0.1, -0.05) is 30.7 Å². The molecule has 78 valence electrons. The molecule has 1 aliphatic carbocycles. The molecule has 1 nitrogen and oxygen atoms in total. The first kappa shape index (κ1) is 11.2. The lowest BCUT2D eigenvalue weighted by atomic mass is 9.63. The minimum absolute atomic E-state index is 0.0197. The van der Waals surface area contributed by atoms with E-state index in [0.717, 1.165) is 19.1 Å². The van der Waals surface area contributed by atoms with E-state index in [-0.39, 0.29) is 5.41 Å². The largest absolute Gasteiger partial charge is 0.303 e. The van der Waals surface area contributed by atoms with E-state index < -0.39 is 0 Å². The number of rotatable bonds is 3. The molecular formula is C13H20O. The summed E-state index contributed by atoms with van der Waals surface area (Å²) in [5.74, 6) is 0.470. The summed E-state index contributed by atoms with van der Waals surface area (Å²) < 4.78 is 0. The van der Waals surface area contributed by atoms with Gasteiger partial charge >= 0.3 is 0 Å². The third-order valence-electron chi connectivity index (χ3n) is 3.68. The highest BCUT2D eigenvalue weighted by molar-refractivity contribution is 5.53. The third-order valence-corrected chi connectivity index (χ3v) is 3.68. The molecule has 2 atom stereocenters. The number of hydrogen-bond acceptors (Lipinski definition) is 1. The van der Waals surface area contributed by atoms with Gasteiger partial charge in [-0.2, -0.15) is 0 Å². The molecule has 0 spiro atoms. The lowest BCUT2D eigenvalue weighted by molar-refractivity contribution is -0.109. The van der Waals surface area contributed by atoms with Crippen molar-refractivity contribution in [1.29, 1.82) is 0 Å². The van der Waals surface area contributed by atoms with Crippen molar-refractivity contribution in [3.63, 3.8) is 0 Å². The summed E-state index contributed by atoms with van der Waals surface area (Å²) in [5.41, 5.74) is 2.58. The van der Waals surface area contributed by atoms with Crippen molar-refractivity contribution in [2.75, 3.05) is 0 Å². The van der Waals surface area contributed by atoms with Crippen molar-refractivity contribution in [3.05, 3.63) is 23.8 Å². The lowest BCUT2D eigenvalue weighted by Crippen LogP contribution is -2.32. The number of hydrogen-bond donors (Lipinski definition) is 0. The highest BCUT2D eigenvalue weighted by Gasteiger charge is 2.37. The first-order valence-electron chi connectivity index (χ1n) is 5.28. The highest BCUT2D eigenvalue weighted by atomic mass is 16.1. The summed E-state index contributed by atoms with van der Waals surface area (Å²) in [5, 5.41) is 0. The second kappa shape index (κ2) is 4.12. The van der Waals surface area contributed by atoms with Gasteiger partial charge < -0.3 is 4.79 Å². The van der Waals surface area contributed by atoms with Crippen molar-refractivity contribution in [2.45, 2.75) is 40.0 Å². The molecular weight excluding hydrogens is 172 g/mol. The molecule has 14 heavy (non-hydrogen) atoms. The van der Waals surface area contributed by atoms with Crippen LogP contribution >= 0.6 is 0 Å². The van der Waals surface area contributed by atoms with Crippen LogP contribution < -0.4 is 0 Å². The molecule has 1 rings (SSSR count). The van der Waals surface area contributed by atoms with E-state index in [4.69, 9.17) is 0 Å². The lowest BCUT2D eigenvalue weighted by Gasteiger charge is -2.41. The van der Waals surface area contributed by atoms with Crippen molar-refractivity contribution in [1.82, 2.24) is 0 Å². The molecule has 0 saturated heterocycles. The van der Waals surface area contributed by atoms with Crippen molar-refractivity contribution in [3.8, 4) is 0 Å².